The van der Waals surface area contributed by atoms with Crippen molar-refractivity contribution in [2.24, 2.45) is 0 Å². The number of aliphatic hydroxyl groups is 1. The quantitative estimate of drug-likeness (QED) is 0.778. The maximum atomic E-state index is 8.78. The van der Waals surface area contributed by atoms with Crippen LogP contribution in [0.4, 0.5) is 0 Å². The fourth-order valence-electron chi connectivity index (χ4n) is 2.29. The molecule has 0 radical (unpaired) electrons. The molecule has 0 aliphatic heterocycles. The first-order valence-corrected chi connectivity index (χ1v) is 5.95. The molecular weight excluding hydrogens is 190 g/mol. The molecule has 1 aromatic heterocycles. The molecule has 1 fully saturated rings. The lowest BCUT2D eigenvalue weighted by Crippen LogP contribution is -1.95. The van der Waals surface area contributed by atoms with Crippen molar-refractivity contribution in [1.29, 1.82) is 0 Å². The van der Waals surface area contributed by atoms with Crippen LogP contribution in [0.25, 0.3) is 0 Å². The Kier molecular flexibility index (Phi) is 3.78. The minimum absolute atomic E-state index is 0.116. The van der Waals surface area contributed by atoms with Crippen LogP contribution in [-0.2, 0) is 6.42 Å². The lowest BCUT2D eigenvalue weighted by molar-refractivity contribution is 0.281. The SMILES string of the molecule is OCCc1ncc(C2CCCCCC2)o1. The van der Waals surface area contributed by atoms with Crippen LogP contribution in [0, 0.1) is 0 Å². The van der Waals surface area contributed by atoms with Crippen LogP contribution in [0.1, 0.15) is 56.1 Å². The van der Waals surface area contributed by atoms with Gasteiger partial charge in [0.1, 0.15) is 5.76 Å². The summed E-state index contributed by atoms with van der Waals surface area (Å²) in [7, 11) is 0. The molecule has 1 N–H and O–H groups in total. The van der Waals surface area contributed by atoms with E-state index in [0.717, 1.165) is 5.76 Å². The molecule has 3 nitrogen and oxygen atoms in total. The molecule has 1 saturated carbocycles. The second-order valence-corrected chi connectivity index (χ2v) is 4.32. The summed E-state index contributed by atoms with van der Waals surface area (Å²) < 4.78 is 5.65. The summed E-state index contributed by atoms with van der Waals surface area (Å²) in [5, 5.41) is 8.78. The summed E-state index contributed by atoms with van der Waals surface area (Å²) in [6, 6.07) is 0. The first-order valence-electron chi connectivity index (χ1n) is 5.95. The highest BCUT2D eigenvalue weighted by molar-refractivity contribution is 5.02. The van der Waals surface area contributed by atoms with E-state index in [1.54, 1.807) is 0 Å². The van der Waals surface area contributed by atoms with Gasteiger partial charge in [0.15, 0.2) is 5.89 Å². The van der Waals surface area contributed by atoms with Gasteiger partial charge in [-0.2, -0.15) is 0 Å². The number of hydrogen-bond donors (Lipinski definition) is 1. The van der Waals surface area contributed by atoms with Crippen LogP contribution < -0.4 is 0 Å². The minimum Gasteiger partial charge on any atom is -0.445 e. The smallest absolute Gasteiger partial charge is 0.196 e. The van der Waals surface area contributed by atoms with E-state index in [0.29, 0.717) is 18.2 Å². The van der Waals surface area contributed by atoms with Crippen molar-refractivity contribution in [3.63, 3.8) is 0 Å². The minimum atomic E-state index is 0.116. The Hall–Kier alpha value is -0.830. The summed E-state index contributed by atoms with van der Waals surface area (Å²) in [5.74, 6) is 2.27. The van der Waals surface area contributed by atoms with Crippen molar-refractivity contribution >= 4 is 0 Å². The van der Waals surface area contributed by atoms with Crippen LogP contribution in [0.2, 0.25) is 0 Å². The predicted octanol–water partition coefficient (Wildman–Crippen LogP) is 2.65. The van der Waals surface area contributed by atoms with E-state index < -0.39 is 0 Å². The van der Waals surface area contributed by atoms with Gasteiger partial charge in [-0.3, -0.25) is 0 Å². The Morgan fingerprint density at radius 1 is 1.27 bits per heavy atom. The Morgan fingerprint density at radius 2 is 2.00 bits per heavy atom. The zero-order chi connectivity index (χ0) is 10.5. The number of oxazole rings is 1. The Morgan fingerprint density at radius 3 is 2.67 bits per heavy atom. The molecule has 0 bridgehead atoms. The van der Waals surface area contributed by atoms with Crippen LogP contribution in [0.3, 0.4) is 0 Å². The van der Waals surface area contributed by atoms with Gasteiger partial charge in [0.2, 0.25) is 0 Å². The fraction of sp³-hybridized carbons (Fsp3) is 0.750. The van der Waals surface area contributed by atoms with E-state index in [1.807, 2.05) is 6.20 Å². The summed E-state index contributed by atoms with van der Waals surface area (Å²) in [6.45, 7) is 0.116. The predicted molar refractivity (Wildman–Crippen MR) is 57.7 cm³/mol. The molecular formula is C12H19NO2. The summed E-state index contributed by atoms with van der Waals surface area (Å²) >= 11 is 0. The first-order chi connectivity index (χ1) is 7.40. The Bertz CT molecular complexity index is 288. The topological polar surface area (TPSA) is 46.3 Å². The average Bonchev–Trinajstić information content (AvgIpc) is 2.53. The molecule has 1 heterocycles. The lowest BCUT2D eigenvalue weighted by atomic mass is 9.98. The number of aromatic nitrogens is 1. The van der Waals surface area contributed by atoms with Crippen LogP contribution in [-0.4, -0.2) is 16.7 Å². The molecule has 0 aromatic carbocycles. The Balaban J connectivity index is 2.00. The summed E-state index contributed by atoms with van der Waals surface area (Å²) in [6.07, 6.45) is 10.2. The fourth-order valence-corrected chi connectivity index (χ4v) is 2.29. The maximum absolute atomic E-state index is 8.78. The zero-order valence-electron chi connectivity index (χ0n) is 9.11. The Labute approximate surface area is 90.5 Å². The zero-order valence-corrected chi connectivity index (χ0v) is 9.11. The highest BCUT2D eigenvalue weighted by atomic mass is 16.4. The van der Waals surface area contributed by atoms with Gasteiger partial charge < -0.3 is 9.52 Å². The van der Waals surface area contributed by atoms with Gasteiger partial charge in [0.05, 0.1) is 12.8 Å². The van der Waals surface area contributed by atoms with Gasteiger partial charge in [-0.15, -0.1) is 0 Å². The third-order valence-electron chi connectivity index (χ3n) is 3.15. The molecule has 0 spiro atoms. The molecule has 84 valence electrons. The van der Waals surface area contributed by atoms with Crippen molar-refractivity contribution in [2.75, 3.05) is 6.61 Å². The van der Waals surface area contributed by atoms with Crippen LogP contribution in [0.15, 0.2) is 10.6 Å². The largest absolute Gasteiger partial charge is 0.445 e. The lowest BCUT2D eigenvalue weighted by Gasteiger charge is -2.09. The first kappa shape index (κ1) is 10.7. The highest BCUT2D eigenvalue weighted by Gasteiger charge is 2.18. The molecule has 0 amide bonds. The number of aliphatic hydroxyl groups excluding tert-OH is 1. The molecule has 0 saturated heterocycles. The van der Waals surface area contributed by atoms with Gasteiger partial charge in [0, 0.05) is 12.3 Å². The summed E-state index contributed by atoms with van der Waals surface area (Å²) in [5.41, 5.74) is 0. The van der Waals surface area contributed by atoms with Crippen LogP contribution >= 0.6 is 0 Å². The van der Waals surface area contributed by atoms with E-state index in [1.165, 1.54) is 38.5 Å². The molecule has 1 aliphatic carbocycles. The number of hydrogen-bond acceptors (Lipinski definition) is 3. The molecule has 3 heteroatoms. The molecule has 15 heavy (non-hydrogen) atoms. The van der Waals surface area contributed by atoms with Crippen molar-refractivity contribution in [3.05, 3.63) is 17.8 Å². The monoisotopic (exact) mass is 209 g/mol. The molecule has 2 rings (SSSR count). The van der Waals surface area contributed by atoms with Gasteiger partial charge in [-0.25, -0.2) is 4.98 Å². The standard InChI is InChI=1S/C12H19NO2/c14-8-7-12-13-9-11(15-12)10-5-3-1-2-4-6-10/h9-10,14H,1-8H2. The molecule has 1 aromatic rings. The molecule has 1 aliphatic rings. The van der Waals surface area contributed by atoms with Crippen molar-refractivity contribution in [2.45, 2.75) is 50.9 Å². The van der Waals surface area contributed by atoms with Crippen LogP contribution in [0.5, 0.6) is 0 Å². The third kappa shape index (κ3) is 2.81. The van der Waals surface area contributed by atoms with E-state index in [4.69, 9.17) is 9.52 Å². The van der Waals surface area contributed by atoms with Crippen molar-refractivity contribution in [3.8, 4) is 0 Å². The molecule has 0 unspecified atom stereocenters. The van der Waals surface area contributed by atoms with E-state index in [-0.39, 0.29) is 6.61 Å². The average molecular weight is 209 g/mol. The third-order valence-corrected chi connectivity index (χ3v) is 3.15. The summed E-state index contributed by atoms with van der Waals surface area (Å²) in [4.78, 5) is 4.19. The van der Waals surface area contributed by atoms with Gasteiger partial charge in [-0.1, -0.05) is 25.7 Å². The second kappa shape index (κ2) is 5.31. The highest BCUT2D eigenvalue weighted by Crippen LogP contribution is 2.31. The number of nitrogens with zero attached hydrogens (tertiary/aromatic N) is 1. The van der Waals surface area contributed by atoms with E-state index in [2.05, 4.69) is 4.98 Å². The second-order valence-electron chi connectivity index (χ2n) is 4.32. The number of rotatable bonds is 3. The van der Waals surface area contributed by atoms with Gasteiger partial charge in [-0.05, 0) is 12.8 Å². The van der Waals surface area contributed by atoms with Gasteiger partial charge in [0.25, 0.3) is 0 Å². The molecule has 0 atom stereocenters. The van der Waals surface area contributed by atoms with Crippen molar-refractivity contribution < 1.29 is 9.52 Å². The van der Waals surface area contributed by atoms with Gasteiger partial charge >= 0.3 is 0 Å². The van der Waals surface area contributed by atoms with E-state index >= 15 is 0 Å². The normalized spacial score (nSPS) is 19.0. The van der Waals surface area contributed by atoms with Crippen molar-refractivity contribution in [1.82, 2.24) is 4.98 Å². The maximum Gasteiger partial charge on any atom is 0.196 e. The van der Waals surface area contributed by atoms with E-state index in [9.17, 15) is 0 Å².